The van der Waals surface area contributed by atoms with E-state index in [4.69, 9.17) is 21.4 Å². The molecule has 0 aliphatic carbocycles. The highest BCUT2D eigenvalue weighted by atomic mass is 35.5. The molecule has 25 heavy (non-hydrogen) atoms. The van der Waals surface area contributed by atoms with E-state index in [9.17, 15) is 9.90 Å². The van der Waals surface area contributed by atoms with E-state index in [1.165, 1.54) is 0 Å². The summed E-state index contributed by atoms with van der Waals surface area (Å²) >= 11 is 5.87. The molecule has 1 aliphatic heterocycles. The molecular formula is C19H20ClNO4. The number of likely N-dealkylation sites (tertiary alicyclic amines) is 1. The minimum Gasteiger partial charge on any atom is -0.481 e. The number of rotatable bonds is 5. The van der Waals surface area contributed by atoms with Crippen LogP contribution in [0, 0.1) is 5.92 Å². The van der Waals surface area contributed by atoms with E-state index in [-0.39, 0.29) is 0 Å². The first-order valence-corrected chi connectivity index (χ1v) is 8.54. The van der Waals surface area contributed by atoms with Gasteiger partial charge in [-0.1, -0.05) is 23.7 Å². The number of aliphatic carboxylic acids is 1. The van der Waals surface area contributed by atoms with Gasteiger partial charge in [0.05, 0.1) is 12.0 Å². The average Bonchev–Trinajstić information content (AvgIpc) is 2.57. The average molecular weight is 362 g/mol. The van der Waals surface area contributed by atoms with Crippen LogP contribution >= 0.6 is 11.6 Å². The van der Waals surface area contributed by atoms with Gasteiger partial charge in [0, 0.05) is 18.1 Å². The molecule has 0 aromatic heterocycles. The van der Waals surface area contributed by atoms with Crippen LogP contribution in [-0.4, -0.2) is 40.3 Å². The third-order valence-electron chi connectivity index (χ3n) is 4.34. The van der Waals surface area contributed by atoms with Crippen molar-refractivity contribution in [3.8, 4) is 11.5 Å². The summed E-state index contributed by atoms with van der Waals surface area (Å²) in [6.45, 7) is 1.65. The van der Waals surface area contributed by atoms with Crippen LogP contribution < -0.4 is 4.74 Å². The number of benzene rings is 2. The number of carbonyl (C=O) groups is 1. The molecule has 0 radical (unpaired) electrons. The Bertz CT molecular complexity index is 734. The number of carboxylic acids is 1. The highest BCUT2D eigenvalue weighted by molar-refractivity contribution is 6.30. The van der Waals surface area contributed by atoms with Crippen molar-refractivity contribution >= 4 is 17.6 Å². The summed E-state index contributed by atoms with van der Waals surface area (Å²) < 4.78 is 5.83. The number of aliphatic hydroxyl groups is 1. The zero-order valence-corrected chi connectivity index (χ0v) is 14.4. The quantitative estimate of drug-likeness (QED) is 0.854. The lowest BCUT2D eigenvalue weighted by Crippen LogP contribution is -2.46. The summed E-state index contributed by atoms with van der Waals surface area (Å²) in [6.07, 6.45) is -0.378. The maximum atomic E-state index is 11.1. The van der Waals surface area contributed by atoms with Crippen LogP contribution in [0.2, 0.25) is 5.02 Å². The van der Waals surface area contributed by atoms with Gasteiger partial charge in [0.2, 0.25) is 0 Å². The molecule has 1 aliphatic rings. The Hall–Kier alpha value is -2.08. The predicted molar refractivity (Wildman–Crippen MR) is 95.0 cm³/mol. The summed E-state index contributed by atoms with van der Waals surface area (Å²) in [4.78, 5) is 13.1. The van der Waals surface area contributed by atoms with E-state index in [0.29, 0.717) is 36.8 Å². The molecule has 0 unspecified atom stereocenters. The van der Waals surface area contributed by atoms with E-state index >= 15 is 0 Å². The second-order valence-electron chi connectivity index (χ2n) is 6.24. The summed E-state index contributed by atoms with van der Waals surface area (Å²) in [6, 6.07) is 14.9. The van der Waals surface area contributed by atoms with Gasteiger partial charge in [0.15, 0.2) is 0 Å². The molecule has 5 nitrogen and oxygen atoms in total. The number of β-amino-alcohol motifs (C(OH)–C–C–N with tert-alkyl or cyclic N) is 1. The fourth-order valence-electron chi connectivity index (χ4n) is 3.03. The van der Waals surface area contributed by atoms with Gasteiger partial charge in [0.25, 0.3) is 0 Å². The number of aliphatic hydroxyl groups excluding tert-OH is 1. The number of nitrogens with zero attached hydrogens (tertiary/aromatic N) is 1. The van der Waals surface area contributed by atoms with Crippen molar-refractivity contribution in [2.24, 2.45) is 5.92 Å². The summed E-state index contributed by atoms with van der Waals surface area (Å²) in [5, 5.41) is 19.7. The van der Waals surface area contributed by atoms with Gasteiger partial charge < -0.3 is 14.9 Å². The third-order valence-corrected chi connectivity index (χ3v) is 4.59. The maximum Gasteiger partial charge on any atom is 0.309 e. The second kappa shape index (κ2) is 7.87. The number of hydrogen-bond donors (Lipinski definition) is 2. The fourth-order valence-corrected chi connectivity index (χ4v) is 3.16. The highest BCUT2D eigenvalue weighted by Crippen LogP contribution is 2.25. The van der Waals surface area contributed by atoms with Gasteiger partial charge in [-0.25, -0.2) is 0 Å². The van der Waals surface area contributed by atoms with Crippen molar-refractivity contribution in [2.45, 2.75) is 19.1 Å². The minimum absolute atomic E-state index is 0.360. The van der Waals surface area contributed by atoms with Crippen LogP contribution in [0.5, 0.6) is 11.5 Å². The van der Waals surface area contributed by atoms with Crippen LogP contribution in [0.15, 0.2) is 48.5 Å². The van der Waals surface area contributed by atoms with Crippen LogP contribution in [0.1, 0.15) is 12.0 Å². The van der Waals surface area contributed by atoms with Crippen molar-refractivity contribution in [2.75, 3.05) is 13.1 Å². The SMILES string of the molecule is O=C(O)[C@H]1CCN(Cc2cccc(Oc3ccc(Cl)cc3)c2)C[C@H]1O. The van der Waals surface area contributed by atoms with Crippen molar-refractivity contribution in [3.05, 3.63) is 59.1 Å². The van der Waals surface area contributed by atoms with Crippen molar-refractivity contribution in [3.63, 3.8) is 0 Å². The van der Waals surface area contributed by atoms with E-state index in [1.54, 1.807) is 12.1 Å². The Labute approximate surface area is 151 Å². The molecule has 6 heteroatoms. The molecule has 0 spiro atoms. The monoisotopic (exact) mass is 361 g/mol. The lowest BCUT2D eigenvalue weighted by atomic mass is 9.94. The minimum atomic E-state index is -0.925. The van der Waals surface area contributed by atoms with Gasteiger partial charge in [-0.05, 0) is 54.9 Å². The molecule has 1 saturated heterocycles. The van der Waals surface area contributed by atoms with Crippen LogP contribution in [0.4, 0.5) is 0 Å². The van der Waals surface area contributed by atoms with E-state index in [0.717, 1.165) is 11.3 Å². The van der Waals surface area contributed by atoms with Crippen molar-refractivity contribution in [1.29, 1.82) is 0 Å². The van der Waals surface area contributed by atoms with E-state index < -0.39 is 18.0 Å². The van der Waals surface area contributed by atoms with Gasteiger partial charge in [0.1, 0.15) is 11.5 Å². The van der Waals surface area contributed by atoms with E-state index in [1.807, 2.05) is 36.4 Å². The lowest BCUT2D eigenvalue weighted by Gasteiger charge is -2.33. The summed E-state index contributed by atoms with van der Waals surface area (Å²) in [5.74, 6) is -0.165. The van der Waals surface area contributed by atoms with Crippen LogP contribution in [0.25, 0.3) is 0 Å². The number of ether oxygens (including phenoxy) is 1. The largest absolute Gasteiger partial charge is 0.481 e. The molecule has 2 aromatic rings. The first kappa shape index (κ1) is 17.7. The van der Waals surface area contributed by atoms with E-state index in [2.05, 4.69) is 4.90 Å². The molecule has 132 valence electrons. The lowest BCUT2D eigenvalue weighted by molar-refractivity contribution is -0.148. The molecule has 0 amide bonds. The number of halogens is 1. The molecule has 1 heterocycles. The highest BCUT2D eigenvalue weighted by Gasteiger charge is 2.32. The Balaban J connectivity index is 1.62. The predicted octanol–water partition coefficient (Wildman–Crippen LogP) is 3.40. The standard InChI is InChI=1S/C19H20ClNO4/c20-14-4-6-15(7-5-14)25-16-3-1-2-13(10-16)11-21-9-8-17(19(23)24)18(22)12-21/h1-7,10,17-18,22H,8-9,11-12H2,(H,23,24)/t17-,18+/m0/s1. The number of carboxylic acid groups (broad SMARTS) is 1. The molecule has 1 fully saturated rings. The van der Waals surface area contributed by atoms with Gasteiger partial charge in [-0.3, -0.25) is 9.69 Å². The fraction of sp³-hybridized carbons (Fsp3) is 0.316. The van der Waals surface area contributed by atoms with Gasteiger partial charge in [-0.2, -0.15) is 0 Å². The Kier molecular flexibility index (Phi) is 5.58. The number of hydrogen-bond acceptors (Lipinski definition) is 4. The Morgan fingerprint density at radius 3 is 2.64 bits per heavy atom. The smallest absolute Gasteiger partial charge is 0.309 e. The van der Waals surface area contributed by atoms with Gasteiger partial charge >= 0.3 is 5.97 Å². The molecule has 0 bridgehead atoms. The van der Waals surface area contributed by atoms with Crippen LogP contribution in [0.3, 0.4) is 0 Å². The van der Waals surface area contributed by atoms with Crippen LogP contribution in [-0.2, 0) is 11.3 Å². The Morgan fingerprint density at radius 1 is 1.20 bits per heavy atom. The van der Waals surface area contributed by atoms with Gasteiger partial charge in [-0.15, -0.1) is 0 Å². The molecular weight excluding hydrogens is 342 g/mol. The zero-order chi connectivity index (χ0) is 17.8. The molecule has 2 N–H and O–H groups in total. The second-order valence-corrected chi connectivity index (χ2v) is 6.68. The number of piperidine rings is 1. The third kappa shape index (κ3) is 4.72. The summed E-state index contributed by atoms with van der Waals surface area (Å²) in [7, 11) is 0. The molecule has 0 saturated carbocycles. The first-order valence-electron chi connectivity index (χ1n) is 8.17. The van der Waals surface area contributed by atoms with Crippen molar-refractivity contribution in [1.82, 2.24) is 4.90 Å². The Morgan fingerprint density at radius 2 is 1.96 bits per heavy atom. The summed E-state index contributed by atoms with van der Waals surface area (Å²) in [5.41, 5.74) is 1.05. The molecule has 2 aromatic carbocycles. The van der Waals surface area contributed by atoms with Crippen molar-refractivity contribution < 1.29 is 19.7 Å². The normalized spacial score (nSPS) is 21.0. The zero-order valence-electron chi connectivity index (χ0n) is 13.6. The maximum absolute atomic E-state index is 11.1. The molecule has 2 atom stereocenters. The molecule has 3 rings (SSSR count). The first-order chi connectivity index (χ1) is 12.0. The topological polar surface area (TPSA) is 70.0 Å².